The molecule has 1 heterocycles. The lowest BCUT2D eigenvalue weighted by molar-refractivity contribution is 0.0272. The summed E-state index contributed by atoms with van der Waals surface area (Å²) in [6.45, 7) is 3.49. The van der Waals surface area contributed by atoms with Gasteiger partial charge in [-0.1, -0.05) is 31.2 Å². The standard InChI is InChI=1S/C14H21NO2/c1-2-13(15)14(7-8-16)10-17-9-11-5-3-4-6-12(11)14/h3-6,13,16H,2,7-10,15H2,1H3. The van der Waals surface area contributed by atoms with Gasteiger partial charge in [0.05, 0.1) is 13.2 Å². The van der Waals surface area contributed by atoms with Crippen molar-refractivity contribution in [3.05, 3.63) is 35.4 Å². The summed E-state index contributed by atoms with van der Waals surface area (Å²) >= 11 is 0. The zero-order chi connectivity index (χ0) is 12.3. The van der Waals surface area contributed by atoms with Gasteiger partial charge in [0.25, 0.3) is 0 Å². The zero-order valence-corrected chi connectivity index (χ0v) is 10.4. The predicted molar refractivity (Wildman–Crippen MR) is 67.7 cm³/mol. The second-order valence-corrected chi connectivity index (χ2v) is 4.79. The summed E-state index contributed by atoms with van der Waals surface area (Å²) in [4.78, 5) is 0. The minimum Gasteiger partial charge on any atom is -0.396 e. The first-order valence-corrected chi connectivity index (χ1v) is 6.27. The molecular weight excluding hydrogens is 214 g/mol. The quantitative estimate of drug-likeness (QED) is 0.833. The molecule has 1 aliphatic rings. The molecule has 3 heteroatoms. The first-order chi connectivity index (χ1) is 8.24. The second kappa shape index (κ2) is 5.17. The molecule has 3 nitrogen and oxygen atoms in total. The van der Waals surface area contributed by atoms with E-state index >= 15 is 0 Å². The third kappa shape index (κ3) is 2.10. The molecule has 0 amide bonds. The van der Waals surface area contributed by atoms with Crippen LogP contribution in [0, 0.1) is 0 Å². The van der Waals surface area contributed by atoms with Crippen LogP contribution in [0.2, 0.25) is 0 Å². The number of hydrogen-bond donors (Lipinski definition) is 2. The fourth-order valence-corrected chi connectivity index (χ4v) is 2.84. The molecule has 0 spiro atoms. The maximum atomic E-state index is 9.34. The zero-order valence-electron chi connectivity index (χ0n) is 10.4. The number of aliphatic hydroxyl groups is 1. The highest BCUT2D eigenvalue weighted by Gasteiger charge is 2.41. The Morgan fingerprint density at radius 2 is 2.24 bits per heavy atom. The topological polar surface area (TPSA) is 55.5 Å². The smallest absolute Gasteiger partial charge is 0.0720 e. The number of ether oxygens (including phenoxy) is 1. The Labute approximate surface area is 103 Å². The molecule has 2 atom stereocenters. The number of aliphatic hydroxyl groups excluding tert-OH is 1. The maximum absolute atomic E-state index is 9.34. The van der Waals surface area contributed by atoms with Crippen LogP contribution in [-0.4, -0.2) is 24.4 Å². The summed E-state index contributed by atoms with van der Waals surface area (Å²) in [6.07, 6.45) is 1.55. The van der Waals surface area contributed by atoms with Crippen LogP contribution in [0.15, 0.2) is 24.3 Å². The Morgan fingerprint density at radius 1 is 1.47 bits per heavy atom. The van der Waals surface area contributed by atoms with Crippen molar-refractivity contribution in [2.24, 2.45) is 5.73 Å². The number of fused-ring (bicyclic) bond motifs is 1. The normalized spacial score (nSPS) is 25.4. The van der Waals surface area contributed by atoms with E-state index < -0.39 is 0 Å². The van der Waals surface area contributed by atoms with E-state index in [0.717, 1.165) is 6.42 Å². The van der Waals surface area contributed by atoms with E-state index in [1.165, 1.54) is 11.1 Å². The van der Waals surface area contributed by atoms with Crippen molar-refractivity contribution in [3.8, 4) is 0 Å². The predicted octanol–water partition coefficient (Wildman–Crippen LogP) is 1.57. The summed E-state index contributed by atoms with van der Waals surface area (Å²) in [6, 6.07) is 8.30. The summed E-state index contributed by atoms with van der Waals surface area (Å²) in [5.74, 6) is 0. The molecule has 94 valence electrons. The number of hydrogen-bond acceptors (Lipinski definition) is 3. The fraction of sp³-hybridized carbons (Fsp3) is 0.571. The van der Waals surface area contributed by atoms with E-state index in [4.69, 9.17) is 10.5 Å². The summed E-state index contributed by atoms with van der Waals surface area (Å²) in [5, 5.41) is 9.34. The third-order valence-electron chi connectivity index (χ3n) is 3.88. The molecular formula is C14H21NO2. The Bertz CT molecular complexity index is 380. The lowest BCUT2D eigenvalue weighted by Gasteiger charge is -2.42. The van der Waals surface area contributed by atoms with Crippen LogP contribution in [0.1, 0.15) is 30.9 Å². The van der Waals surface area contributed by atoms with Crippen molar-refractivity contribution in [2.75, 3.05) is 13.2 Å². The highest BCUT2D eigenvalue weighted by atomic mass is 16.5. The highest BCUT2D eigenvalue weighted by molar-refractivity contribution is 5.37. The van der Waals surface area contributed by atoms with Crippen LogP contribution < -0.4 is 5.73 Å². The molecule has 0 saturated carbocycles. The second-order valence-electron chi connectivity index (χ2n) is 4.79. The average molecular weight is 235 g/mol. The van der Waals surface area contributed by atoms with Crippen LogP contribution in [0.5, 0.6) is 0 Å². The largest absolute Gasteiger partial charge is 0.396 e. The van der Waals surface area contributed by atoms with Gasteiger partial charge in [0, 0.05) is 18.1 Å². The Hall–Kier alpha value is -0.900. The van der Waals surface area contributed by atoms with Crippen LogP contribution in [0.25, 0.3) is 0 Å². The lowest BCUT2D eigenvalue weighted by atomic mass is 9.69. The molecule has 0 aromatic heterocycles. The molecule has 0 saturated heterocycles. The summed E-state index contributed by atoms with van der Waals surface area (Å²) < 4.78 is 5.70. The van der Waals surface area contributed by atoms with Gasteiger partial charge in [-0.3, -0.25) is 0 Å². The molecule has 0 radical (unpaired) electrons. The third-order valence-corrected chi connectivity index (χ3v) is 3.88. The van der Waals surface area contributed by atoms with Crippen molar-refractivity contribution in [1.82, 2.24) is 0 Å². The van der Waals surface area contributed by atoms with Crippen molar-refractivity contribution in [1.29, 1.82) is 0 Å². The first kappa shape index (κ1) is 12.6. The molecule has 2 unspecified atom stereocenters. The van der Waals surface area contributed by atoms with Crippen molar-refractivity contribution < 1.29 is 9.84 Å². The molecule has 0 aliphatic carbocycles. The molecule has 1 aromatic carbocycles. The van der Waals surface area contributed by atoms with Crippen LogP contribution in [0.4, 0.5) is 0 Å². The molecule has 2 rings (SSSR count). The Balaban J connectivity index is 2.47. The van der Waals surface area contributed by atoms with Crippen molar-refractivity contribution >= 4 is 0 Å². The van der Waals surface area contributed by atoms with Gasteiger partial charge in [-0.15, -0.1) is 0 Å². The number of nitrogens with two attached hydrogens (primary N) is 1. The van der Waals surface area contributed by atoms with E-state index in [9.17, 15) is 5.11 Å². The molecule has 3 N–H and O–H groups in total. The molecule has 1 aromatic rings. The van der Waals surface area contributed by atoms with Gasteiger partial charge < -0.3 is 15.6 Å². The van der Waals surface area contributed by atoms with E-state index in [0.29, 0.717) is 19.6 Å². The lowest BCUT2D eigenvalue weighted by Crippen LogP contribution is -2.51. The van der Waals surface area contributed by atoms with Gasteiger partial charge in [0.1, 0.15) is 0 Å². The van der Waals surface area contributed by atoms with Crippen LogP contribution in [-0.2, 0) is 16.8 Å². The van der Waals surface area contributed by atoms with Gasteiger partial charge >= 0.3 is 0 Å². The molecule has 0 bridgehead atoms. The number of rotatable bonds is 4. The molecule has 0 fully saturated rings. The minimum absolute atomic E-state index is 0.0242. The Morgan fingerprint density at radius 3 is 2.94 bits per heavy atom. The van der Waals surface area contributed by atoms with E-state index in [1.54, 1.807) is 0 Å². The van der Waals surface area contributed by atoms with E-state index in [-0.39, 0.29) is 18.1 Å². The van der Waals surface area contributed by atoms with Crippen molar-refractivity contribution in [2.45, 2.75) is 37.8 Å². The average Bonchev–Trinajstić information content (AvgIpc) is 2.38. The van der Waals surface area contributed by atoms with Crippen molar-refractivity contribution in [3.63, 3.8) is 0 Å². The van der Waals surface area contributed by atoms with Gasteiger partial charge in [-0.2, -0.15) is 0 Å². The monoisotopic (exact) mass is 235 g/mol. The fourth-order valence-electron chi connectivity index (χ4n) is 2.84. The number of benzene rings is 1. The minimum atomic E-state index is -0.224. The van der Waals surface area contributed by atoms with E-state index in [2.05, 4.69) is 19.1 Å². The van der Waals surface area contributed by atoms with E-state index in [1.807, 2.05) is 12.1 Å². The molecule has 17 heavy (non-hydrogen) atoms. The van der Waals surface area contributed by atoms with Gasteiger partial charge in [0.2, 0.25) is 0 Å². The SMILES string of the molecule is CCC(N)C1(CCO)COCc2ccccc21. The van der Waals surface area contributed by atoms with Gasteiger partial charge in [-0.25, -0.2) is 0 Å². The first-order valence-electron chi connectivity index (χ1n) is 6.27. The molecule has 1 aliphatic heterocycles. The summed E-state index contributed by atoms with van der Waals surface area (Å²) in [7, 11) is 0. The van der Waals surface area contributed by atoms with Gasteiger partial charge in [-0.05, 0) is 24.0 Å². The summed E-state index contributed by atoms with van der Waals surface area (Å²) in [5.41, 5.74) is 8.53. The highest BCUT2D eigenvalue weighted by Crippen LogP contribution is 2.38. The maximum Gasteiger partial charge on any atom is 0.0720 e. The van der Waals surface area contributed by atoms with Crippen LogP contribution >= 0.6 is 0 Å². The Kier molecular flexibility index (Phi) is 3.82. The van der Waals surface area contributed by atoms with Gasteiger partial charge in [0.15, 0.2) is 0 Å². The van der Waals surface area contributed by atoms with Crippen LogP contribution in [0.3, 0.4) is 0 Å².